The maximum absolute atomic E-state index is 12.2. The van der Waals surface area contributed by atoms with E-state index in [9.17, 15) is 9.59 Å². The molecule has 3 rings (SSSR count). The molecular weight excluding hydrogens is 396 g/mol. The van der Waals surface area contributed by atoms with Gasteiger partial charge >= 0.3 is 6.03 Å². The normalized spacial score (nSPS) is 17.0. The number of imide groups is 1. The second-order valence-corrected chi connectivity index (χ2v) is 7.33. The number of piperidine rings is 1. The first kappa shape index (κ1) is 23.3. The van der Waals surface area contributed by atoms with Gasteiger partial charge in [-0.25, -0.2) is 4.79 Å². The van der Waals surface area contributed by atoms with Crippen molar-refractivity contribution in [2.75, 3.05) is 51.8 Å². The lowest BCUT2D eigenvalue weighted by atomic mass is 9.93. The predicted octanol–water partition coefficient (Wildman–Crippen LogP) is 2.24. The zero-order valence-electron chi connectivity index (χ0n) is 16.9. The number of carbonyl (C=O) groups excluding carboxylic acids is 2. The number of halogens is 1. The van der Waals surface area contributed by atoms with E-state index in [1.807, 2.05) is 7.05 Å². The molecule has 2 aliphatic heterocycles. The van der Waals surface area contributed by atoms with Gasteiger partial charge in [-0.2, -0.15) is 0 Å². The number of anilines is 1. The summed E-state index contributed by atoms with van der Waals surface area (Å²) >= 11 is 0. The van der Waals surface area contributed by atoms with E-state index in [-0.39, 0.29) is 24.9 Å². The van der Waals surface area contributed by atoms with Crippen molar-refractivity contribution >= 4 is 30.0 Å². The van der Waals surface area contributed by atoms with Gasteiger partial charge in [-0.15, -0.1) is 12.4 Å². The summed E-state index contributed by atoms with van der Waals surface area (Å²) < 4.78 is 11.2. The lowest BCUT2D eigenvalue weighted by molar-refractivity contribution is -0.121. The summed E-state index contributed by atoms with van der Waals surface area (Å²) in [6.07, 6.45) is 4.18. The Balaban J connectivity index is 0.00000300. The van der Waals surface area contributed by atoms with Crippen molar-refractivity contribution in [3.63, 3.8) is 0 Å². The van der Waals surface area contributed by atoms with Crippen LogP contribution in [0.4, 0.5) is 10.5 Å². The first-order chi connectivity index (χ1) is 13.6. The Bertz CT molecular complexity index is 680. The Labute approximate surface area is 178 Å². The Morgan fingerprint density at radius 1 is 1.14 bits per heavy atom. The largest absolute Gasteiger partial charge is 0.490 e. The third kappa shape index (κ3) is 7.38. The monoisotopic (exact) mass is 426 g/mol. The Morgan fingerprint density at radius 2 is 1.86 bits per heavy atom. The molecule has 9 heteroatoms. The van der Waals surface area contributed by atoms with E-state index in [0.717, 1.165) is 44.8 Å². The zero-order chi connectivity index (χ0) is 19.8. The number of benzene rings is 1. The molecule has 0 aliphatic carbocycles. The van der Waals surface area contributed by atoms with E-state index in [2.05, 4.69) is 20.9 Å². The molecule has 29 heavy (non-hydrogen) atoms. The minimum absolute atomic E-state index is 0. The van der Waals surface area contributed by atoms with Gasteiger partial charge in [0.05, 0.1) is 19.8 Å². The third-order valence-corrected chi connectivity index (χ3v) is 5.14. The summed E-state index contributed by atoms with van der Waals surface area (Å²) in [5.41, 5.74) is 0.555. The number of rotatable bonds is 6. The van der Waals surface area contributed by atoms with Crippen LogP contribution in [-0.4, -0.2) is 63.3 Å². The highest BCUT2D eigenvalue weighted by Gasteiger charge is 2.21. The van der Waals surface area contributed by atoms with Gasteiger partial charge in [0, 0.05) is 18.2 Å². The molecule has 0 atom stereocenters. The van der Waals surface area contributed by atoms with Crippen molar-refractivity contribution < 1.29 is 19.1 Å². The van der Waals surface area contributed by atoms with Gasteiger partial charge in [0.25, 0.3) is 0 Å². The molecule has 0 bridgehead atoms. The molecule has 1 saturated heterocycles. The number of hydrogen-bond acceptors (Lipinski definition) is 6. The first-order valence-corrected chi connectivity index (χ1v) is 10.0. The number of urea groups is 1. The number of fused-ring (bicyclic) bond motifs is 1. The van der Waals surface area contributed by atoms with Crippen LogP contribution in [0, 0.1) is 5.92 Å². The Hall–Kier alpha value is -2.03. The van der Waals surface area contributed by atoms with Crippen molar-refractivity contribution in [3.8, 4) is 11.5 Å². The lowest BCUT2D eigenvalue weighted by Gasteiger charge is -2.31. The fraction of sp³-hybridized carbons (Fsp3) is 0.600. The third-order valence-electron chi connectivity index (χ3n) is 5.14. The SMILES string of the molecule is CNCCC1CCN(CC(=O)NC(=O)Nc2ccc3c(c2)OCCCO3)CC1.Cl. The second kappa shape index (κ2) is 11.8. The molecule has 2 heterocycles. The topological polar surface area (TPSA) is 91.9 Å². The predicted molar refractivity (Wildman–Crippen MR) is 114 cm³/mol. The Morgan fingerprint density at radius 3 is 2.59 bits per heavy atom. The number of likely N-dealkylation sites (tertiary alicyclic amines) is 1. The van der Waals surface area contributed by atoms with Crippen LogP contribution in [0.3, 0.4) is 0 Å². The average molecular weight is 427 g/mol. The van der Waals surface area contributed by atoms with E-state index < -0.39 is 6.03 Å². The molecule has 0 radical (unpaired) electrons. The van der Waals surface area contributed by atoms with Crippen molar-refractivity contribution in [1.29, 1.82) is 0 Å². The van der Waals surface area contributed by atoms with Crippen LogP contribution in [0.2, 0.25) is 0 Å². The van der Waals surface area contributed by atoms with Gasteiger partial charge in [0.15, 0.2) is 11.5 Å². The quantitative estimate of drug-likeness (QED) is 0.646. The lowest BCUT2D eigenvalue weighted by Crippen LogP contribution is -2.44. The maximum atomic E-state index is 12.2. The van der Waals surface area contributed by atoms with Crippen LogP contribution in [0.5, 0.6) is 11.5 Å². The number of nitrogens with one attached hydrogen (secondary N) is 3. The standard InChI is InChI=1S/C20H30N4O4.ClH/c1-21-8-5-15-6-9-24(10-7-15)14-19(25)23-20(26)22-16-3-4-17-18(13-16)28-12-2-11-27-17;/h3-4,13,15,21H,2,5-12,14H2,1H3,(H2,22,23,25,26);1H. The number of ether oxygens (including phenoxy) is 2. The molecule has 162 valence electrons. The van der Waals surface area contributed by atoms with Gasteiger partial charge in [-0.3, -0.25) is 15.0 Å². The van der Waals surface area contributed by atoms with E-state index in [1.165, 1.54) is 6.42 Å². The molecule has 3 N–H and O–H groups in total. The van der Waals surface area contributed by atoms with Crippen molar-refractivity contribution in [2.45, 2.75) is 25.7 Å². The summed E-state index contributed by atoms with van der Waals surface area (Å²) in [6, 6.07) is 4.66. The Kier molecular flexibility index (Phi) is 9.50. The van der Waals surface area contributed by atoms with E-state index in [0.29, 0.717) is 30.4 Å². The van der Waals surface area contributed by atoms with Gasteiger partial charge in [-0.05, 0) is 64.0 Å². The molecule has 1 aromatic rings. The van der Waals surface area contributed by atoms with Crippen LogP contribution < -0.4 is 25.4 Å². The van der Waals surface area contributed by atoms with Gasteiger partial charge in [-0.1, -0.05) is 0 Å². The van der Waals surface area contributed by atoms with Crippen LogP contribution in [0.25, 0.3) is 0 Å². The molecule has 0 unspecified atom stereocenters. The fourth-order valence-electron chi connectivity index (χ4n) is 3.55. The van der Waals surface area contributed by atoms with Crippen LogP contribution in [-0.2, 0) is 4.79 Å². The minimum Gasteiger partial charge on any atom is -0.490 e. The van der Waals surface area contributed by atoms with E-state index >= 15 is 0 Å². The summed E-state index contributed by atoms with van der Waals surface area (Å²) in [5, 5.41) is 8.26. The van der Waals surface area contributed by atoms with Gasteiger partial charge in [0.1, 0.15) is 0 Å². The highest BCUT2D eigenvalue weighted by molar-refractivity contribution is 6.01. The molecular formula is C20H31ClN4O4. The van der Waals surface area contributed by atoms with Gasteiger partial charge < -0.3 is 20.1 Å². The maximum Gasteiger partial charge on any atom is 0.325 e. The molecule has 1 fully saturated rings. The molecule has 2 aliphatic rings. The van der Waals surface area contributed by atoms with Crippen LogP contribution in [0.15, 0.2) is 18.2 Å². The summed E-state index contributed by atoms with van der Waals surface area (Å²) in [4.78, 5) is 26.4. The molecule has 0 spiro atoms. The number of hydrogen-bond donors (Lipinski definition) is 3. The zero-order valence-corrected chi connectivity index (χ0v) is 17.7. The van der Waals surface area contributed by atoms with Crippen LogP contribution >= 0.6 is 12.4 Å². The van der Waals surface area contributed by atoms with Crippen LogP contribution in [0.1, 0.15) is 25.7 Å². The minimum atomic E-state index is -0.539. The number of carbonyl (C=O) groups is 2. The highest BCUT2D eigenvalue weighted by Crippen LogP contribution is 2.32. The molecule has 3 amide bonds. The smallest absolute Gasteiger partial charge is 0.325 e. The molecule has 1 aromatic carbocycles. The molecule has 8 nitrogen and oxygen atoms in total. The average Bonchev–Trinajstić information content (AvgIpc) is 2.92. The molecule has 0 aromatic heterocycles. The second-order valence-electron chi connectivity index (χ2n) is 7.33. The summed E-state index contributed by atoms with van der Waals surface area (Å²) in [5.74, 6) is 1.69. The first-order valence-electron chi connectivity index (χ1n) is 10.0. The van der Waals surface area contributed by atoms with E-state index in [4.69, 9.17) is 9.47 Å². The summed E-state index contributed by atoms with van der Waals surface area (Å²) in [6.45, 7) is 4.25. The highest BCUT2D eigenvalue weighted by atomic mass is 35.5. The van der Waals surface area contributed by atoms with Crippen molar-refractivity contribution in [2.24, 2.45) is 5.92 Å². The van der Waals surface area contributed by atoms with Crippen molar-refractivity contribution in [3.05, 3.63) is 18.2 Å². The number of amides is 3. The van der Waals surface area contributed by atoms with E-state index in [1.54, 1.807) is 18.2 Å². The number of nitrogens with zero attached hydrogens (tertiary/aromatic N) is 1. The molecule has 0 saturated carbocycles. The fourth-order valence-corrected chi connectivity index (χ4v) is 3.55. The van der Waals surface area contributed by atoms with Crippen molar-refractivity contribution in [1.82, 2.24) is 15.5 Å². The summed E-state index contributed by atoms with van der Waals surface area (Å²) in [7, 11) is 1.97. The van der Waals surface area contributed by atoms with Gasteiger partial charge in [0.2, 0.25) is 5.91 Å².